The summed E-state index contributed by atoms with van der Waals surface area (Å²) in [5.74, 6) is 0. The number of aliphatic hydroxyl groups excluding tert-OH is 1. The Kier molecular flexibility index (Phi) is 3.19. The summed E-state index contributed by atoms with van der Waals surface area (Å²) < 4.78 is 0.743. The van der Waals surface area contributed by atoms with Crippen LogP contribution < -0.4 is 0 Å². The molecule has 1 aromatic rings. The van der Waals surface area contributed by atoms with Crippen LogP contribution in [0.4, 0.5) is 0 Å². The lowest BCUT2D eigenvalue weighted by Crippen LogP contribution is -1.84. The normalized spacial score (nSPS) is 10.2. The van der Waals surface area contributed by atoms with Crippen molar-refractivity contribution in [1.29, 1.82) is 0 Å². The van der Waals surface area contributed by atoms with Gasteiger partial charge in [0.1, 0.15) is 0 Å². The molecule has 0 radical (unpaired) electrons. The van der Waals surface area contributed by atoms with Crippen LogP contribution >= 0.6 is 39.1 Å². The number of rotatable bonds is 1. The molecule has 4 heteroatoms. The van der Waals surface area contributed by atoms with Gasteiger partial charge in [-0.15, -0.1) is 0 Å². The van der Waals surface area contributed by atoms with E-state index in [9.17, 15) is 0 Å². The maximum atomic E-state index is 8.79. The SMILES string of the molecule is OCc1cc(Br)c(Cl)cc1Cl. The van der Waals surface area contributed by atoms with Crippen molar-refractivity contribution in [3.63, 3.8) is 0 Å². The second-order valence-corrected chi connectivity index (χ2v) is 3.68. The summed E-state index contributed by atoms with van der Waals surface area (Å²) >= 11 is 14.7. The van der Waals surface area contributed by atoms with Gasteiger partial charge in [-0.2, -0.15) is 0 Å². The maximum Gasteiger partial charge on any atom is 0.0696 e. The smallest absolute Gasteiger partial charge is 0.0696 e. The van der Waals surface area contributed by atoms with Crippen LogP contribution in [0.3, 0.4) is 0 Å². The third kappa shape index (κ3) is 2.09. The van der Waals surface area contributed by atoms with Crippen LogP contribution in [0.15, 0.2) is 16.6 Å². The van der Waals surface area contributed by atoms with Crippen molar-refractivity contribution in [3.05, 3.63) is 32.2 Å². The molecule has 1 N–H and O–H groups in total. The Morgan fingerprint density at radius 3 is 2.45 bits per heavy atom. The van der Waals surface area contributed by atoms with Crippen molar-refractivity contribution >= 4 is 39.1 Å². The van der Waals surface area contributed by atoms with E-state index in [2.05, 4.69) is 15.9 Å². The second kappa shape index (κ2) is 3.76. The first kappa shape index (κ1) is 9.33. The lowest BCUT2D eigenvalue weighted by atomic mass is 10.2. The van der Waals surface area contributed by atoms with E-state index in [-0.39, 0.29) is 6.61 Å². The fraction of sp³-hybridized carbons (Fsp3) is 0.143. The van der Waals surface area contributed by atoms with Gasteiger partial charge in [0.2, 0.25) is 0 Å². The number of hydrogen-bond acceptors (Lipinski definition) is 1. The summed E-state index contributed by atoms with van der Waals surface area (Å²) in [6.45, 7) is -0.0748. The van der Waals surface area contributed by atoms with Gasteiger partial charge in [-0.05, 0) is 33.6 Å². The zero-order chi connectivity index (χ0) is 8.43. The highest BCUT2D eigenvalue weighted by Gasteiger charge is 2.03. The van der Waals surface area contributed by atoms with Crippen LogP contribution in [0.1, 0.15) is 5.56 Å². The molecule has 0 fully saturated rings. The van der Waals surface area contributed by atoms with Crippen molar-refractivity contribution < 1.29 is 5.11 Å². The van der Waals surface area contributed by atoms with E-state index >= 15 is 0 Å². The second-order valence-electron chi connectivity index (χ2n) is 2.02. The van der Waals surface area contributed by atoms with Crippen molar-refractivity contribution in [2.75, 3.05) is 0 Å². The Balaban J connectivity index is 3.21. The predicted octanol–water partition coefficient (Wildman–Crippen LogP) is 3.25. The first-order valence-corrected chi connectivity index (χ1v) is 4.44. The Morgan fingerprint density at radius 1 is 1.27 bits per heavy atom. The molecule has 0 unspecified atom stereocenters. The molecule has 0 bridgehead atoms. The first-order valence-electron chi connectivity index (χ1n) is 2.89. The third-order valence-electron chi connectivity index (χ3n) is 1.26. The molecule has 0 atom stereocenters. The van der Waals surface area contributed by atoms with Gasteiger partial charge in [0.15, 0.2) is 0 Å². The molecular formula is C7H5BrCl2O. The van der Waals surface area contributed by atoms with Crippen molar-refractivity contribution in [2.24, 2.45) is 0 Å². The van der Waals surface area contributed by atoms with Gasteiger partial charge in [0, 0.05) is 9.50 Å². The fourth-order valence-electron chi connectivity index (χ4n) is 0.685. The van der Waals surface area contributed by atoms with E-state index in [1.54, 1.807) is 12.1 Å². The predicted molar refractivity (Wildman–Crippen MR) is 50.1 cm³/mol. The Bertz CT molecular complexity index is 275. The lowest BCUT2D eigenvalue weighted by Gasteiger charge is -2.02. The third-order valence-corrected chi connectivity index (χ3v) is 2.81. The highest BCUT2D eigenvalue weighted by Crippen LogP contribution is 2.28. The Labute approximate surface area is 83.1 Å². The molecule has 0 amide bonds. The molecule has 0 saturated carbocycles. The van der Waals surface area contributed by atoms with Crippen molar-refractivity contribution in [3.8, 4) is 0 Å². The van der Waals surface area contributed by atoms with E-state index in [0.717, 1.165) is 4.47 Å². The van der Waals surface area contributed by atoms with E-state index in [1.165, 1.54) is 0 Å². The van der Waals surface area contributed by atoms with Crippen molar-refractivity contribution in [1.82, 2.24) is 0 Å². The zero-order valence-electron chi connectivity index (χ0n) is 5.44. The molecule has 0 aliphatic heterocycles. The summed E-state index contributed by atoms with van der Waals surface area (Å²) in [4.78, 5) is 0. The van der Waals surface area contributed by atoms with Gasteiger partial charge in [0.05, 0.1) is 11.6 Å². The summed E-state index contributed by atoms with van der Waals surface area (Å²) in [7, 11) is 0. The molecule has 0 aromatic heterocycles. The van der Waals surface area contributed by atoms with Crippen LogP contribution in [0.25, 0.3) is 0 Å². The molecular weight excluding hydrogens is 251 g/mol. The highest BCUT2D eigenvalue weighted by molar-refractivity contribution is 9.10. The number of benzene rings is 1. The molecule has 0 aliphatic carbocycles. The first-order chi connectivity index (χ1) is 5.15. The van der Waals surface area contributed by atoms with Gasteiger partial charge in [0.25, 0.3) is 0 Å². The Hall–Kier alpha value is 0.240. The quantitative estimate of drug-likeness (QED) is 0.764. The average Bonchev–Trinajstić information content (AvgIpc) is 1.97. The molecule has 1 aromatic carbocycles. The Morgan fingerprint density at radius 2 is 1.91 bits per heavy atom. The topological polar surface area (TPSA) is 20.2 Å². The minimum Gasteiger partial charge on any atom is -0.392 e. The lowest BCUT2D eigenvalue weighted by molar-refractivity contribution is 0.282. The van der Waals surface area contributed by atoms with Gasteiger partial charge < -0.3 is 5.11 Å². The summed E-state index contributed by atoms with van der Waals surface area (Å²) in [6, 6.07) is 3.30. The van der Waals surface area contributed by atoms with Crippen LogP contribution in [-0.2, 0) is 6.61 Å². The molecule has 0 heterocycles. The highest BCUT2D eigenvalue weighted by atomic mass is 79.9. The molecule has 60 valence electrons. The van der Waals surface area contributed by atoms with Gasteiger partial charge in [-0.1, -0.05) is 23.2 Å². The largest absolute Gasteiger partial charge is 0.392 e. The summed E-state index contributed by atoms with van der Waals surface area (Å²) in [5, 5.41) is 9.82. The van der Waals surface area contributed by atoms with Gasteiger partial charge in [-0.25, -0.2) is 0 Å². The minimum absolute atomic E-state index is 0.0748. The standard InChI is InChI=1S/C7H5BrCl2O/c8-5-1-4(3-11)6(9)2-7(5)10/h1-2,11H,3H2. The molecule has 0 saturated heterocycles. The van der Waals surface area contributed by atoms with E-state index in [1.807, 2.05) is 0 Å². The fourth-order valence-corrected chi connectivity index (χ4v) is 1.52. The maximum absolute atomic E-state index is 8.79. The number of hydrogen-bond donors (Lipinski definition) is 1. The van der Waals surface area contributed by atoms with E-state index < -0.39 is 0 Å². The van der Waals surface area contributed by atoms with Crippen LogP contribution in [0.5, 0.6) is 0 Å². The molecule has 1 nitrogen and oxygen atoms in total. The van der Waals surface area contributed by atoms with Crippen LogP contribution in [0.2, 0.25) is 10.0 Å². The molecule has 11 heavy (non-hydrogen) atoms. The molecule has 1 rings (SSSR count). The minimum atomic E-state index is -0.0748. The van der Waals surface area contributed by atoms with Crippen LogP contribution in [-0.4, -0.2) is 5.11 Å². The summed E-state index contributed by atoms with van der Waals surface area (Å²) in [6.07, 6.45) is 0. The van der Waals surface area contributed by atoms with E-state index in [0.29, 0.717) is 15.6 Å². The van der Waals surface area contributed by atoms with Gasteiger partial charge in [-0.3, -0.25) is 0 Å². The number of aliphatic hydroxyl groups is 1. The summed E-state index contributed by atoms with van der Waals surface area (Å²) in [5.41, 5.74) is 0.669. The van der Waals surface area contributed by atoms with Gasteiger partial charge >= 0.3 is 0 Å². The van der Waals surface area contributed by atoms with E-state index in [4.69, 9.17) is 28.3 Å². The number of halogens is 3. The molecule has 0 spiro atoms. The van der Waals surface area contributed by atoms with Crippen LogP contribution in [0, 0.1) is 0 Å². The zero-order valence-corrected chi connectivity index (χ0v) is 8.54. The average molecular weight is 256 g/mol. The molecule has 0 aliphatic rings. The van der Waals surface area contributed by atoms with Crippen molar-refractivity contribution in [2.45, 2.75) is 6.61 Å². The monoisotopic (exact) mass is 254 g/mol.